The second kappa shape index (κ2) is 7.34. The number of Topliss-reactive ketones (excluding diaryl/α,β-unsaturated/α-hetero) is 3. The zero-order valence-electron chi connectivity index (χ0n) is 16.7. The maximum Gasteiger partial charge on any atom is 0.308 e. The number of methoxy groups -OCH3 is 1. The van der Waals surface area contributed by atoms with Gasteiger partial charge in [0.15, 0.2) is 23.5 Å². The molecule has 0 unspecified atom stereocenters. The summed E-state index contributed by atoms with van der Waals surface area (Å²) in [6.07, 6.45) is -6.74. The minimum atomic E-state index is -2.44. The van der Waals surface area contributed by atoms with Gasteiger partial charge in [-0.05, 0) is 13.0 Å². The van der Waals surface area contributed by atoms with Crippen LogP contribution in [0.2, 0.25) is 0 Å². The zero-order chi connectivity index (χ0) is 22.7. The van der Waals surface area contributed by atoms with Gasteiger partial charge in [-0.1, -0.05) is 12.1 Å². The summed E-state index contributed by atoms with van der Waals surface area (Å²) in [6, 6.07) is 3.86. The van der Waals surface area contributed by atoms with Crippen LogP contribution in [0.25, 0.3) is 0 Å². The molecule has 1 saturated heterocycles. The van der Waals surface area contributed by atoms with E-state index in [2.05, 4.69) is 4.74 Å². The van der Waals surface area contributed by atoms with E-state index in [-0.39, 0.29) is 17.5 Å². The molecular formula is C21H20O10. The molecule has 2 heterocycles. The molecule has 1 fully saturated rings. The second-order valence-corrected chi connectivity index (χ2v) is 7.70. The van der Waals surface area contributed by atoms with E-state index in [9.17, 15) is 34.5 Å². The fraction of sp³-hybridized carbons (Fsp3) is 0.429. The Bertz CT molecular complexity index is 1040. The van der Waals surface area contributed by atoms with Crippen LogP contribution in [0.15, 0.2) is 29.3 Å². The van der Waals surface area contributed by atoms with Crippen LogP contribution in [-0.4, -0.2) is 76.0 Å². The lowest BCUT2D eigenvalue weighted by Crippen LogP contribution is -2.65. The highest BCUT2D eigenvalue weighted by molar-refractivity contribution is 6.29. The first kappa shape index (κ1) is 21.3. The minimum absolute atomic E-state index is 0.165. The van der Waals surface area contributed by atoms with Crippen molar-refractivity contribution < 1.29 is 48.7 Å². The number of rotatable bonds is 2. The van der Waals surface area contributed by atoms with Gasteiger partial charge in [0.25, 0.3) is 0 Å². The molecule has 10 heteroatoms. The number of ketones is 3. The molecule has 1 spiro atoms. The van der Waals surface area contributed by atoms with E-state index in [4.69, 9.17) is 9.47 Å². The van der Waals surface area contributed by atoms with Crippen molar-refractivity contribution in [1.82, 2.24) is 0 Å². The van der Waals surface area contributed by atoms with Gasteiger partial charge in [-0.3, -0.25) is 19.2 Å². The number of benzene rings is 1. The molecule has 164 valence electrons. The Morgan fingerprint density at radius 2 is 1.90 bits per heavy atom. The summed E-state index contributed by atoms with van der Waals surface area (Å²) in [7, 11) is 1.11. The van der Waals surface area contributed by atoms with Crippen molar-refractivity contribution in [2.24, 2.45) is 0 Å². The van der Waals surface area contributed by atoms with E-state index in [1.54, 1.807) is 0 Å². The van der Waals surface area contributed by atoms with Gasteiger partial charge in [-0.15, -0.1) is 0 Å². The molecule has 1 aliphatic carbocycles. The molecular weight excluding hydrogens is 412 g/mol. The number of aliphatic hydroxyl groups excluding tert-OH is 2. The molecule has 0 aromatic heterocycles. The molecule has 1 aromatic rings. The normalized spacial score (nSPS) is 32.7. The number of carbonyl (C=O) groups excluding carboxylic acids is 4. The van der Waals surface area contributed by atoms with Crippen molar-refractivity contribution in [3.8, 4) is 5.75 Å². The third-order valence-electron chi connectivity index (χ3n) is 5.70. The second-order valence-electron chi connectivity index (χ2n) is 7.70. The fourth-order valence-corrected chi connectivity index (χ4v) is 4.34. The molecule has 0 bridgehead atoms. The molecule has 5 atom stereocenters. The van der Waals surface area contributed by atoms with Crippen LogP contribution in [0.3, 0.4) is 0 Å². The molecule has 3 N–H and O–H groups in total. The summed E-state index contributed by atoms with van der Waals surface area (Å²) in [4.78, 5) is 51.1. The Labute approximate surface area is 176 Å². The molecule has 31 heavy (non-hydrogen) atoms. The van der Waals surface area contributed by atoms with Gasteiger partial charge >= 0.3 is 5.97 Å². The number of fused-ring (bicyclic) bond motifs is 2. The Morgan fingerprint density at radius 1 is 1.19 bits per heavy atom. The first-order valence-electron chi connectivity index (χ1n) is 9.59. The summed E-state index contributed by atoms with van der Waals surface area (Å²) in [5.41, 5.74) is -1.53. The van der Waals surface area contributed by atoms with Gasteiger partial charge in [0.1, 0.15) is 18.0 Å². The number of aromatic hydroxyl groups is 1. The van der Waals surface area contributed by atoms with Gasteiger partial charge < -0.3 is 29.5 Å². The number of aliphatic hydroxyl groups is 2. The van der Waals surface area contributed by atoms with E-state index in [1.165, 1.54) is 25.1 Å². The Balaban J connectivity index is 1.98. The maximum absolute atomic E-state index is 13.4. The van der Waals surface area contributed by atoms with Gasteiger partial charge in [0.05, 0.1) is 30.8 Å². The Kier molecular flexibility index (Phi) is 5.05. The number of hydrogen-bond donors (Lipinski definition) is 3. The highest BCUT2D eigenvalue weighted by Gasteiger charge is 2.62. The highest BCUT2D eigenvalue weighted by Crippen LogP contribution is 2.48. The molecule has 0 radical (unpaired) electrons. The largest absolute Gasteiger partial charge is 0.507 e. The lowest BCUT2D eigenvalue weighted by atomic mass is 9.72. The van der Waals surface area contributed by atoms with Gasteiger partial charge in [-0.25, -0.2) is 0 Å². The average molecular weight is 432 g/mol. The fourth-order valence-electron chi connectivity index (χ4n) is 4.34. The zero-order valence-corrected chi connectivity index (χ0v) is 16.7. The van der Waals surface area contributed by atoms with Crippen LogP contribution < -0.4 is 0 Å². The Morgan fingerprint density at radius 3 is 2.58 bits per heavy atom. The summed E-state index contributed by atoms with van der Waals surface area (Å²) in [5.74, 6) is -6.17. The van der Waals surface area contributed by atoms with Crippen LogP contribution in [0.4, 0.5) is 0 Å². The van der Waals surface area contributed by atoms with Crippen LogP contribution in [0, 0.1) is 0 Å². The molecule has 3 aliphatic rings. The average Bonchev–Trinajstić information content (AvgIpc) is 2.72. The van der Waals surface area contributed by atoms with Crippen molar-refractivity contribution in [3.05, 3.63) is 40.5 Å². The molecule has 10 nitrogen and oxygen atoms in total. The number of ether oxygens (including phenoxy) is 3. The summed E-state index contributed by atoms with van der Waals surface area (Å²) in [6.45, 7) is 1.51. The first-order valence-corrected chi connectivity index (χ1v) is 9.59. The topological polar surface area (TPSA) is 157 Å². The van der Waals surface area contributed by atoms with E-state index in [1.807, 2.05) is 0 Å². The van der Waals surface area contributed by atoms with E-state index in [0.29, 0.717) is 0 Å². The predicted octanol–water partition coefficient (Wildman–Crippen LogP) is -0.174. The van der Waals surface area contributed by atoms with E-state index < -0.39 is 76.8 Å². The lowest BCUT2D eigenvalue weighted by Gasteiger charge is -2.50. The number of hydrogen-bond acceptors (Lipinski definition) is 10. The SMILES string of the molecule is COC(=O)C[C@@H]1O[C@@]2(O[C@@H](C)CC(=O)[C@H]2O)C2=C(C(=O)c3cccc(O)c3C2=O)[C@@H]1O. The number of phenols is 1. The summed E-state index contributed by atoms with van der Waals surface area (Å²) >= 11 is 0. The van der Waals surface area contributed by atoms with Gasteiger partial charge in [0.2, 0.25) is 5.79 Å². The predicted molar refractivity (Wildman–Crippen MR) is 100 cm³/mol. The maximum atomic E-state index is 13.4. The summed E-state index contributed by atoms with van der Waals surface area (Å²) < 4.78 is 16.1. The molecule has 1 aromatic carbocycles. The standard InChI is InChI=1S/C21H20O10/c1-8-6-11(23)20(28)21(30-8)16-15(18(26)12(31-21)7-13(24)29-2)17(25)9-4-3-5-10(22)14(9)19(16)27/h3-5,8,12,18,20,22,26,28H,6-7H2,1-2H3/t8-,12-,18+,20+,21-/m0/s1. The molecule has 0 saturated carbocycles. The minimum Gasteiger partial charge on any atom is -0.507 e. The van der Waals surface area contributed by atoms with Crippen molar-refractivity contribution in [3.63, 3.8) is 0 Å². The van der Waals surface area contributed by atoms with Crippen molar-refractivity contribution in [1.29, 1.82) is 0 Å². The lowest BCUT2D eigenvalue weighted by molar-refractivity contribution is -0.310. The molecule has 2 aliphatic heterocycles. The third-order valence-corrected chi connectivity index (χ3v) is 5.70. The van der Waals surface area contributed by atoms with Gasteiger partial charge in [0, 0.05) is 17.6 Å². The third kappa shape index (κ3) is 3.02. The van der Waals surface area contributed by atoms with Crippen LogP contribution in [0.1, 0.15) is 40.5 Å². The smallest absolute Gasteiger partial charge is 0.308 e. The van der Waals surface area contributed by atoms with Crippen LogP contribution in [-0.2, 0) is 23.8 Å². The van der Waals surface area contributed by atoms with Crippen molar-refractivity contribution in [2.75, 3.05) is 7.11 Å². The first-order chi connectivity index (χ1) is 14.6. The van der Waals surface area contributed by atoms with Crippen molar-refractivity contribution in [2.45, 2.75) is 50.0 Å². The van der Waals surface area contributed by atoms with Crippen LogP contribution >= 0.6 is 0 Å². The summed E-state index contributed by atoms with van der Waals surface area (Å²) in [5, 5.41) is 31.9. The number of phenolic OH excluding ortho intramolecular Hbond substituents is 1. The van der Waals surface area contributed by atoms with Gasteiger partial charge in [-0.2, -0.15) is 0 Å². The highest BCUT2D eigenvalue weighted by atomic mass is 16.7. The monoisotopic (exact) mass is 432 g/mol. The van der Waals surface area contributed by atoms with E-state index >= 15 is 0 Å². The number of carbonyl (C=O) groups is 4. The van der Waals surface area contributed by atoms with Crippen molar-refractivity contribution >= 4 is 23.3 Å². The Hall–Kier alpha value is -2.92. The molecule has 0 amide bonds. The van der Waals surface area contributed by atoms with E-state index in [0.717, 1.165) is 7.11 Å². The van der Waals surface area contributed by atoms with Crippen LogP contribution in [0.5, 0.6) is 5.75 Å². The number of esters is 1. The molecule has 4 rings (SSSR count). The quantitative estimate of drug-likeness (QED) is 0.536.